The highest BCUT2D eigenvalue weighted by atomic mass is 32.2. The summed E-state index contributed by atoms with van der Waals surface area (Å²) in [5.41, 5.74) is 1.33. The second-order valence-electron chi connectivity index (χ2n) is 4.84. The summed E-state index contributed by atoms with van der Waals surface area (Å²) < 4.78 is 0. The molecule has 0 spiro atoms. The van der Waals surface area contributed by atoms with Gasteiger partial charge >= 0.3 is 5.97 Å². The Labute approximate surface area is 126 Å². The van der Waals surface area contributed by atoms with E-state index in [0.29, 0.717) is 17.9 Å². The van der Waals surface area contributed by atoms with E-state index in [1.165, 1.54) is 4.90 Å². The first-order chi connectivity index (χ1) is 10.2. The van der Waals surface area contributed by atoms with Gasteiger partial charge in [0.05, 0.1) is 5.52 Å². The molecule has 108 valence electrons. The van der Waals surface area contributed by atoms with E-state index in [2.05, 4.69) is 4.98 Å². The molecule has 3 rings (SSSR count). The monoisotopic (exact) mass is 302 g/mol. The molecule has 1 fully saturated rings. The number of benzene rings is 1. The number of rotatable bonds is 2. The fourth-order valence-electron chi connectivity index (χ4n) is 2.43. The van der Waals surface area contributed by atoms with Gasteiger partial charge in [-0.3, -0.25) is 9.78 Å². The van der Waals surface area contributed by atoms with Crippen molar-refractivity contribution in [3.63, 3.8) is 0 Å². The van der Waals surface area contributed by atoms with Gasteiger partial charge in [0.2, 0.25) is 0 Å². The van der Waals surface area contributed by atoms with Crippen LogP contribution < -0.4 is 0 Å². The average molecular weight is 302 g/mol. The standard InChI is InChI=1S/C15H14N2O3S/c18-14(17-6-7-21-9-13(17)15(19)20)11-3-4-12-10(8-11)2-1-5-16-12/h1-5,8,13H,6-7,9H2,(H,19,20). The number of carboxylic acids is 1. The number of aliphatic carboxylic acids is 1. The maximum absolute atomic E-state index is 12.6. The van der Waals surface area contributed by atoms with Gasteiger partial charge in [-0.25, -0.2) is 4.79 Å². The molecule has 1 atom stereocenters. The largest absolute Gasteiger partial charge is 0.480 e. The van der Waals surface area contributed by atoms with Crippen molar-refractivity contribution in [3.8, 4) is 0 Å². The molecule has 1 amide bonds. The Balaban J connectivity index is 1.93. The van der Waals surface area contributed by atoms with E-state index in [1.807, 2.05) is 12.1 Å². The predicted molar refractivity (Wildman–Crippen MR) is 81.5 cm³/mol. The number of carbonyl (C=O) groups is 2. The lowest BCUT2D eigenvalue weighted by Gasteiger charge is -2.32. The Morgan fingerprint density at radius 2 is 2.19 bits per heavy atom. The summed E-state index contributed by atoms with van der Waals surface area (Å²) in [4.78, 5) is 29.6. The SMILES string of the molecule is O=C(O)C1CSCCN1C(=O)c1ccc2ncccc2c1. The van der Waals surface area contributed by atoms with E-state index in [4.69, 9.17) is 0 Å². The Morgan fingerprint density at radius 1 is 1.33 bits per heavy atom. The molecule has 1 aliphatic rings. The molecule has 1 unspecified atom stereocenters. The number of pyridine rings is 1. The second kappa shape index (κ2) is 5.73. The zero-order chi connectivity index (χ0) is 14.8. The molecule has 1 aromatic carbocycles. The molecule has 1 aliphatic heterocycles. The highest BCUT2D eigenvalue weighted by Gasteiger charge is 2.32. The van der Waals surface area contributed by atoms with Gasteiger partial charge < -0.3 is 10.0 Å². The first kappa shape index (κ1) is 13.9. The Hall–Kier alpha value is -2.08. The fourth-order valence-corrected chi connectivity index (χ4v) is 3.46. The zero-order valence-corrected chi connectivity index (χ0v) is 12.0. The van der Waals surface area contributed by atoms with Crippen LogP contribution >= 0.6 is 11.8 Å². The van der Waals surface area contributed by atoms with Gasteiger partial charge in [-0.2, -0.15) is 11.8 Å². The molecule has 1 saturated heterocycles. The van der Waals surface area contributed by atoms with Crippen LogP contribution in [0.3, 0.4) is 0 Å². The number of fused-ring (bicyclic) bond motifs is 1. The third-order valence-electron chi connectivity index (χ3n) is 3.52. The minimum atomic E-state index is -0.946. The van der Waals surface area contributed by atoms with Crippen molar-refractivity contribution in [2.45, 2.75) is 6.04 Å². The van der Waals surface area contributed by atoms with Gasteiger partial charge in [-0.05, 0) is 24.3 Å². The number of carbonyl (C=O) groups excluding carboxylic acids is 1. The van der Waals surface area contributed by atoms with Gasteiger partial charge in [0.1, 0.15) is 6.04 Å². The quantitative estimate of drug-likeness (QED) is 0.917. The number of hydrogen-bond acceptors (Lipinski definition) is 4. The molecule has 0 radical (unpaired) electrons. The second-order valence-corrected chi connectivity index (χ2v) is 5.99. The summed E-state index contributed by atoms with van der Waals surface area (Å²) in [6.07, 6.45) is 1.70. The smallest absolute Gasteiger partial charge is 0.327 e. The van der Waals surface area contributed by atoms with E-state index in [9.17, 15) is 14.7 Å². The van der Waals surface area contributed by atoms with Crippen LogP contribution in [0.1, 0.15) is 10.4 Å². The fraction of sp³-hybridized carbons (Fsp3) is 0.267. The molecule has 5 nitrogen and oxygen atoms in total. The summed E-state index contributed by atoms with van der Waals surface area (Å²) in [7, 11) is 0. The average Bonchev–Trinajstić information content (AvgIpc) is 2.53. The Kier molecular flexibility index (Phi) is 3.79. The van der Waals surface area contributed by atoms with E-state index in [-0.39, 0.29) is 5.91 Å². The normalized spacial score (nSPS) is 18.7. The molecule has 2 heterocycles. The third kappa shape index (κ3) is 2.71. The lowest BCUT2D eigenvalue weighted by molar-refractivity contribution is -0.141. The topological polar surface area (TPSA) is 70.5 Å². The van der Waals surface area contributed by atoms with Crippen LogP contribution in [0, 0.1) is 0 Å². The van der Waals surface area contributed by atoms with E-state index in [1.54, 1.807) is 36.2 Å². The summed E-state index contributed by atoms with van der Waals surface area (Å²) in [6, 6.07) is 8.22. The van der Waals surface area contributed by atoms with Crippen LogP contribution in [-0.2, 0) is 4.79 Å². The predicted octanol–water partition coefficient (Wildman–Crippen LogP) is 1.88. The number of carboxylic acid groups (broad SMARTS) is 1. The van der Waals surface area contributed by atoms with Gasteiger partial charge in [0.15, 0.2) is 0 Å². The van der Waals surface area contributed by atoms with Crippen molar-refractivity contribution in [1.29, 1.82) is 0 Å². The summed E-state index contributed by atoms with van der Waals surface area (Å²) in [5, 5.41) is 10.1. The summed E-state index contributed by atoms with van der Waals surface area (Å²) in [6.45, 7) is 0.464. The zero-order valence-electron chi connectivity index (χ0n) is 11.2. The number of thioether (sulfide) groups is 1. The number of nitrogens with zero attached hydrogens (tertiary/aromatic N) is 2. The number of amides is 1. The van der Waals surface area contributed by atoms with Crippen molar-refractivity contribution in [1.82, 2.24) is 9.88 Å². The minimum Gasteiger partial charge on any atom is -0.480 e. The molecule has 0 bridgehead atoms. The van der Waals surface area contributed by atoms with Crippen LogP contribution in [0.25, 0.3) is 10.9 Å². The Bertz CT molecular complexity index is 704. The maximum atomic E-state index is 12.6. The van der Waals surface area contributed by atoms with Crippen molar-refractivity contribution < 1.29 is 14.7 Å². The van der Waals surface area contributed by atoms with Crippen molar-refractivity contribution >= 4 is 34.5 Å². The van der Waals surface area contributed by atoms with Gasteiger partial charge in [-0.1, -0.05) is 6.07 Å². The molecule has 1 N–H and O–H groups in total. The van der Waals surface area contributed by atoms with Crippen LogP contribution in [0.2, 0.25) is 0 Å². The maximum Gasteiger partial charge on any atom is 0.327 e. The van der Waals surface area contributed by atoms with E-state index in [0.717, 1.165) is 16.7 Å². The highest BCUT2D eigenvalue weighted by molar-refractivity contribution is 7.99. The third-order valence-corrected chi connectivity index (χ3v) is 4.55. The van der Waals surface area contributed by atoms with Gasteiger partial charge in [0.25, 0.3) is 5.91 Å². The number of hydrogen-bond donors (Lipinski definition) is 1. The molecule has 21 heavy (non-hydrogen) atoms. The van der Waals surface area contributed by atoms with E-state index < -0.39 is 12.0 Å². The van der Waals surface area contributed by atoms with E-state index >= 15 is 0 Å². The van der Waals surface area contributed by atoms with Crippen LogP contribution in [0.5, 0.6) is 0 Å². The van der Waals surface area contributed by atoms with Crippen LogP contribution in [-0.4, -0.2) is 51.0 Å². The summed E-state index contributed by atoms with van der Waals surface area (Å²) >= 11 is 1.57. The molecule has 0 saturated carbocycles. The molecule has 2 aromatic rings. The molecule has 1 aromatic heterocycles. The molecular weight excluding hydrogens is 288 g/mol. The minimum absolute atomic E-state index is 0.228. The summed E-state index contributed by atoms with van der Waals surface area (Å²) in [5.74, 6) is 0.0346. The Morgan fingerprint density at radius 3 is 3.00 bits per heavy atom. The van der Waals surface area contributed by atoms with Crippen LogP contribution in [0.15, 0.2) is 36.5 Å². The molecular formula is C15H14N2O3S. The van der Waals surface area contributed by atoms with Gasteiger partial charge in [-0.15, -0.1) is 0 Å². The van der Waals surface area contributed by atoms with Crippen molar-refractivity contribution in [3.05, 3.63) is 42.1 Å². The highest BCUT2D eigenvalue weighted by Crippen LogP contribution is 2.21. The molecule has 6 heteroatoms. The number of aromatic nitrogens is 1. The molecule has 0 aliphatic carbocycles. The first-order valence-electron chi connectivity index (χ1n) is 6.63. The lowest BCUT2D eigenvalue weighted by Crippen LogP contribution is -2.50. The van der Waals surface area contributed by atoms with Crippen molar-refractivity contribution in [2.75, 3.05) is 18.1 Å². The van der Waals surface area contributed by atoms with Gasteiger partial charge in [0, 0.05) is 35.2 Å². The first-order valence-corrected chi connectivity index (χ1v) is 7.78. The van der Waals surface area contributed by atoms with Crippen LogP contribution in [0.4, 0.5) is 0 Å². The van der Waals surface area contributed by atoms with Crippen molar-refractivity contribution in [2.24, 2.45) is 0 Å². The lowest BCUT2D eigenvalue weighted by atomic mass is 10.1.